The summed E-state index contributed by atoms with van der Waals surface area (Å²) in [5.74, 6) is 0.524. The third-order valence-corrected chi connectivity index (χ3v) is 2.35. The van der Waals surface area contributed by atoms with Crippen molar-refractivity contribution in [1.29, 1.82) is 0 Å². The molecule has 0 amide bonds. The monoisotopic (exact) mass is 205 g/mol. The largest absolute Gasteiger partial charge is 0.384 e. The van der Waals surface area contributed by atoms with Gasteiger partial charge in [0, 0.05) is 5.56 Å². The first kappa shape index (κ1) is 9.71. The molecule has 0 radical (unpaired) electrons. The highest BCUT2D eigenvalue weighted by Crippen LogP contribution is 2.25. The maximum absolute atomic E-state index is 12.9. The van der Waals surface area contributed by atoms with Crippen molar-refractivity contribution in [2.45, 2.75) is 13.1 Å². The Kier molecular flexibility index (Phi) is 2.41. The van der Waals surface area contributed by atoms with E-state index in [4.69, 9.17) is 5.73 Å². The van der Waals surface area contributed by atoms with Crippen molar-refractivity contribution in [3.8, 4) is 11.1 Å². The lowest BCUT2D eigenvalue weighted by molar-refractivity contribution is 0.374. The summed E-state index contributed by atoms with van der Waals surface area (Å²) in [6, 6.07) is 7.19. The van der Waals surface area contributed by atoms with E-state index in [0.29, 0.717) is 11.4 Å². The number of alkyl halides is 1. The average Bonchev–Trinajstić information content (AvgIpc) is 2.65. The van der Waals surface area contributed by atoms with Gasteiger partial charge in [0.15, 0.2) is 0 Å². The van der Waals surface area contributed by atoms with E-state index >= 15 is 0 Å². The molecule has 78 valence electrons. The van der Waals surface area contributed by atoms with Crippen molar-refractivity contribution in [3.63, 3.8) is 0 Å². The second kappa shape index (κ2) is 3.73. The molecule has 0 spiro atoms. The predicted molar refractivity (Wildman–Crippen MR) is 58.0 cm³/mol. The second-order valence-electron chi connectivity index (χ2n) is 3.44. The van der Waals surface area contributed by atoms with Gasteiger partial charge in [0.05, 0.1) is 6.20 Å². The summed E-state index contributed by atoms with van der Waals surface area (Å²) in [6.07, 6.45) is 0.712. The van der Waals surface area contributed by atoms with Crippen LogP contribution in [0.15, 0.2) is 30.5 Å². The van der Waals surface area contributed by atoms with Crippen molar-refractivity contribution < 1.29 is 4.39 Å². The Bertz CT molecular complexity index is 445. The molecular formula is C11H12FN3. The summed E-state index contributed by atoms with van der Waals surface area (Å²) in [6.45, 7) is 1.52. The average molecular weight is 205 g/mol. The number of benzene rings is 1. The van der Waals surface area contributed by atoms with Gasteiger partial charge in [-0.2, -0.15) is 5.10 Å². The second-order valence-corrected chi connectivity index (χ2v) is 3.44. The summed E-state index contributed by atoms with van der Waals surface area (Å²) in [4.78, 5) is 0. The SMILES string of the molecule is CC(F)c1ccc(-c2cn[nH]c2N)cc1. The zero-order valence-corrected chi connectivity index (χ0v) is 8.37. The van der Waals surface area contributed by atoms with Crippen molar-refractivity contribution in [2.24, 2.45) is 0 Å². The molecule has 1 aromatic carbocycles. The molecule has 0 aliphatic rings. The standard InChI is InChI=1S/C11H12FN3/c1-7(12)8-2-4-9(5-3-8)10-6-14-15-11(10)13/h2-7H,1H3,(H3,13,14,15). The Morgan fingerprint density at radius 1 is 1.33 bits per heavy atom. The molecule has 1 unspecified atom stereocenters. The normalized spacial score (nSPS) is 12.7. The summed E-state index contributed by atoms with van der Waals surface area (Å²) < 4.78 is 12.9. The van der Waals surface area contributed by atoms with Gasteiger partial charge in [-0.25, -0.2) is 4.39 Å². The highest BCUT2D eigenvalue weighted by Gasteiger charge is 2.06. The predicted octanol–water partition coefficient (Wildman–Crippen LogP) is 2.69. The van der Waals surface area contributed by atoms with Gasteiger partial charge in [0.1, 0.15) is 12.0 Å². The van der Waals surface area contributed by atoms with Gasteiger partial charge in [-0.05, 0) is 18.1 Å². The molecule has 0 aliphatic carbocycles. The van der Waals surface area contributed by atoms with Crippen LogP contribution in [0.5, 0.6) is 0 Å². The molecular weight excluding hydrogens is 193 g/mol. The maximum Gasteiger partial charge on any atom is 0.126 e. The topological polar surface area (TPSA) is 54.7 Å². The first-order valence-electron chi connectivity index (χ1n) is 4.71. The van der Waals surface area contributed by atoms with E-state index in [1.165, 1.54) is 6.92 Å². The number of aromatic nitrogens is 2. The van der Waals surface area contributed by atoms with Crippen LogP contribution in [0.2, 0.25) is 0 Å². The van der Waals surface area contributed by atoms with Crippen LogP contribution in [0.25, 0.3) is 11.1 Å². The number of nitrogens with zero attached hydrogens (tertiary/aromatic N) is 1. The van der Waals surface area contributed by atoms with Gasteiger partial charge < -0.3 is 5.73 Å². The number of H-pyrrole nitrogens is 1. The first-order chi connectivity index (χ1) is 7.18. The van der Waals surface area contributed by atoms with Gasteiger partial charge in [-0.3, -0.25) is 5.10 Å². The quantitative estimate of drug-likeness (QED) is 0.791. The number of aromatic amines is 1. The zero-order chi connectivity index (χ0) is 10.8. The number of hydrogen-bond acceptors (Lipinski definition) is 2. The van der Waals surface area contributed by atoms with E-state index in [9.17, 15) is 4.39 Å². The van der Waals surface area contributed by atoms with Crippen LogP contribution in [0, 0.1) is 0 Å². The Labute approximate surface area is 87.1 Å². The highest BCUT2D eigenvalue weighted by molar-refractivity contribution is 5.73. The molecule has 0 bridgehead atoms. The van der Waals surface area contributed by atoms with Gasteiger partial charge in [-0.15, -0.1) is 0 Å². The summed E-state index contributed by atoms with van der Waals surface area (Å²) in [5.41, 5.74) is 8.12. The minimum atomic E-state index is -0.944. The molecule has 1 atom stereocenters. The number of hydrogen-bond donors (Lipinski definition) is 2. The van der Waals surface area contributed by atoms with Crippen LogP contribution < -0.4 is 5.73 Å². The Morgan fingerprint density at radius 3 is 2.47 bits per heavy atom. The van der Waals surface area contributed by atoms with Gasteiger partial charge >= 0.3 is 0 Å². The molecule has 4 heteroatoms. The van der Waals surface area contributed by atoms with Gasteiger partial charge in [0.2, 0.25) is 0 Å². The van der Waals surface area contributed by atoms with Crippen LogP contribution in [0.3, 0.4) is 0 Å². The summed E-state index contributed by atoms with van der Waals surface area (Å²) >= 11 is 0. The first-order valence-corrected chi connectivity index (χ1v) is 4.71. The fourth-order valence-electron chi connectivity index (χ4n) is 1.45. The lowest BCUT2D eigenvalue weighted by Crippen LogP contribution is -1.89. The summed E-state index contributed by atoms with van der Waals surface area (Å²) in [7, 11) is 0. The molecule has 0 aliphatic heterocycles. The third-order valence-electron chi connectivity index (χ3n) is 2.35. The number of halogens is 1. The van der Waals surface area contributed by atoms with Crippen LogP contribution >= 0.6 is 0 Å². The Hall–Kier alpha value is -1.84. The van der Waals surface area contributed by atoms with E-state index in [1.54, 1.807) is 18.3 Å². The zero-order valence-electron chi connectivity index (χ0n) is 8.37. The molecule has 3 nitrogen and oxygen atoms in total. The molecule has 1 aromatic heterocycles. The van der Waals surface area contributed by atoms with Gasteiger partial charge in [-0.1, -0.05) is 24.3 Å². The number of nitrogens with one attached hydrogen (secondary N) is 1. The van der Waals surface area contributed by atoms with E-state index in [1.807, 2.05) is 12.1 Å². The lowest BCUT2D eigenvalue weighted by atomic mass is 10.0. The minimum absolute atomic E-state index is 0.524. The van der Waals surface area contributed by atoms with Crippen LogP contribution in [0.1, 0.15) is 18.7 Å². The van der Waals surface area contributed by atoms with Crippen molar-refractivity contribution in [3.05, 3.63) is 36.0 Å². The van der Waals surface area contributed by atoms with E-state index in [0.717, 1.165) is 11.1 Å². The lowest BCUT2D eigenvalue weighted by Gasteiger charge is -2.03. The van der Waals surface area contributed by atoms with Gasteiger partial charge in [0.25, 0.3) is 0 Å². The number of anilines is 1. The Morgan fingerprint density at radius 2 is 2.00 bits per heavy atom. The van der Waals surface area contributed by atoms with Crippen LogP contribution in [-0.2, 0) is 0 Å². The number of nitrogen functional groups attached to an aromatic ring is 1. The third kappa shape index (κ3) is 1.83. The van der Waals surface area contributed by atoms with Crippen LogP contribution in [-0.4, -0.2) is 10.2 Å². The van der Waals surface area contributed by atoms with E-state index < -0.39 is 6.17 Å². The number of nitrogens with two attached hydrogens (primary N) is 1. The molecule has 0 saturated carbocycles. The number of rotatable bonds is 2. The molecule has 3 N–H and O–H groups in total. The molecule has 2 rings (SSSR count). The Balaban J connectivity index is 2.36. The van der Waals surface area contributed by atoms with Crippen molar-refractivity contribution in [1.82, 2.24) is 10.2 Å². The fraction of sp³-hybridized carbons (Fsp3) is 0.182. The van der Waals surface area contributed by atoms with E-state index in [-0.39, 0.29) is 0 Å². The molecule has 0 fully saturated rings. The smallest absolute Gasteiger partial charge is 0.126 e. The molecule has 0 saturated heterocycles. The fourth-order valence-corrected chi connectivity index (χ4v) is 1.45. The molecule has 15 heavy (non-hydrogen) atoms. The molecule has 1 heterocycles. The highest BCUT2D eigenvalue weighted by atomic mass is 19.1. The minimum Gasteiger partial charge on any atom is -0.384 e. The van der Waals surface area contributed by atoms with E-state index in [2.05, 4.69) is 10.2 Å². The summed E-state index contributed by atoms with van der Waals surface area (Å²) in [5, 5.41) is 6.49. The van der Waals surface area contributed by atoms with Crippen molar-refractivity contribution in [2.75, 3.05) is 5.73 Å². The van der Waals surface area contributed by atoms with Crippen LogP contribution in [0.4, 0.5) is 10.2 Å². The maximum atomic E-state index is 12.9. The molecule has 2 aromatic rings. The van der Waals surface area contributed by atoms with Crippen molar-refractivity contribution >= 4 is 5.82 Å².